The van der Waals surface area contributed by atoms with E-state index in [2.05, 4.69) is 0 Å². The zero-order chi connectivity index (χ0) is 12.2. The van der Waals surface area contributed by atoms with Gasteiger partial charge in [0.2, 0.25) is 0 Å². The van der Waals surface area contributed by atoms with E-state index in [4.69, 9.17) is 10.3 Å². The van der Waals surface area contributed by atoms with Crippen molar-refractivity contribution < 1.29 is 13.0 Å². The van der Waals surface area contributed by atoms with Crippen LogP contribution in [0.25, 0.3) is 0 Å². The van der Waals surface area contributed by atoms with E-state index in [1.165, 1.54) is 0 Å². The van der Waals surface area contributed by atoms with Crippen molar-refractivity contribution in [3.8, 4) is 0 Å². The molecule has 0 fully saturated rings. The van der Waals surface area contributed by atoms with Crippen LogP contribution < -0.4 is 5.73 Å². The van der Waals surface area contributed by atoms with Crippen molar-refractivity contribution in [3.05, 3.63) is 29.3 Å². The SMILES string of the molecule is Cc1cccc(N)c1CCCCS(=O)(=O)O. The van der Waals surface area contributed by atoms with Gasteiger partial charge < -0.3 is 5.73 Å². The van der Waals surface area contributed by atoms with Gasteiger partial charge in [-0.15, -0.1) is 0 Å². The molecule has 0 spiro atoms. The molecule has 0 atom stereocenters. The molecular weight excluding hydrogens is 226 g/mol. The van der Waals surface area contributed by atoms with E-state index >= 15 is 0 Å². The second-order valence-corrected chi connectivity index (χ2v) is 5.46. The zero-order valence-electron chi connectivity index (χ0n) is 9.31. The summed E-state index contributed by atoms with van der Waals surface area (Å²) in [6, 6.07) is 5.71. The lowest BCUT2D eigenvalue weighted by atomic mass is 10.0. The summed E-state index contributed by atoms with van der Waals surface area (Å²) in [5.74, 6) is -0.182. The highest BCUT2D eigenvalue weighted by Gasteiger charge is 2.06. The van der Waals surface area contributed by atoms with Crippen LogP contribution in [0.15, 0.2) is 18.2 Å². The molecule has 0 radical (unpaired) electrons. The van der Waals surface area contributed by atoms with Gasteiger partial charge in [0.15, 0.2) is 0 Å². The van der Waals surface area contributed by atoms with E-state index in [0.29, 0.717) is 12.8 Å². The first-order valence-electron chi connectivity index (χ1n) is 5.19. The second-order valence-electron chi connectivity index (χ2n) is 3.89. The molecule has 90 valence electrons. The molecule has 16 heavy (non-hydrogen) atoms. The third-order valence-electron chi connectivity index (χ3n) is 2.53. The van der Waals surface area contributed by atoms with Gasteiger partial charge in [0.05, 0.1) is 5.75 Å². The van der Waals surface area contributed by atoms with Crippen molar-refractivity contribution in [3.63, 3.8) is 0 Å². The Bertz CT molecular complexity index is 434. The number of unbranched alkanes of at least 4 members (excludes halogenated alkanes) is 1. The number of anilines is 1. The molecule has 0 saturated carbocycles. The maximum Gasteiger partial charge on any atom is 0.264 e. The van der Waals surface area contributed by atoms with Crippen molar-refractivity contribution >= 4 is 15.8 Å². The van der Waals surface area contributed by atoms with Crippen LogP contribution in [0.3, 0.4) is 0 Å². The molecule has 3 N–H and O–H groups in total. The summed E-state index contributed by atoms with van der Waals surface area (Å²) in [5.41, 5.74) is 8.75. The normalized spacial score (nSPS) is 11.6. The molecule has 0 bridgehead atoms. The Hall–Kier alpha value is -1.07. The van der Waals surface area contributed by atoms with Crippen LogP contribution in [0.1, 0.15) is 24.0 Å². The van der Waals surface area contributed by atoms with Gasteiger partial charge in [-0.1, -0.05) is 12.1 Å². The Balaban J connectivity index is 2.49. The van der Waals surface area contributed by atoms with Gasteiger partial charge in [-0.3, -0.25) is 4.55 Å². The van der Waals surface area contributed by atoms with Crippen LogP contribution >= 0.6 is 0 Å². The second kappa shape index (κ2) is 5.32. The minimum atomic E-state index is -3.83. The molecule has 5 heteroatoms. The number of nitrogen functional groups attached to an aromatic ring is 1. The largest absolute Gasteiger partial charge is 0.398 e. The van der Waals surface area contributed by atoms with Crippen molar-refractivity contribution in [1.29, 1.82) is 0 Å². The summed E-state index contributed by atoms with van der Waals surface area (Å²) in [6.45, 7) is 1.98. The Morgan fingerprint density at radius 2 is 2.00 bits per heavy atom. The van der Waals surface area contributed by atoms with Gasteiger partial charge in [0, 0.05) is 5.69 Å². The molecule has 0 aromatic heterocycles. The molecule has 1 aromatic rings. The lowest BCUT2D eigenvalue weighted by molar-refractivity contribution is 0.480. The van der Waals surface area contributed by atoms with E-state index in [1.54, 1.807) is 0 Å². The number of benzene rings is 1. The van der Waals surface area contributed by atoms with Gasteiger partial charge in [-0.25, -0.2) is 0 Å². The molecule has 1 rings (SSSR count). The molecular formula is C11H17NO3S. The maximum absolute atomic E-state index is 10.5. The molecule has 0 amide bonds. The number of aryl methyl sites for hydroxylation is 1. The van der Waals surface area contributed by atoms with Crippen molar-refractivity contribution in [2.24, 2.45) is 0 Å². The highest BCUT2D eigenvalue weighted by molar-refractivity contribution is 7.85. The standard InChI is InChI=1S/C11H17NO3S/c1-9-5-4-7-11(12)10(9)6-2-3-8-16(13,14)15/h4-5,7H,2-3,6,8,12H2,1H3,(H,13,14,15). The fourth-order valence-corrected chi connectivity index (χ4v) is 2.22. The summed E-state index contributed by atoms with van der Waals surface area (Å²) in [5, 5.41) is 0. The molecule has 1 aromatic carbocycles. The Morgan fingerprint density at radius 3 is 2.56 bits per heavy atom. The number of hydrogen-bond acceptors (Lipinski definition) is 3. The highest BCUT2D eigenvalue weighted by atomic mass is 32.2. The number of rotatable bonds is 5. The predicted octanol–water partition coefficient (Wildman–Crippen LogP) is 1.79. The van der Waals surface area contributed by atoms with Crippen LogP contribution in [-0.4, -0.2) is 18.7 Å². The topological polar surface area (TPSA) is 80.4 Å². The first-order valence-corrected chi connectivity index (χ1v) is 6.80. The van der Waals surface area contributed by atoms with Gasteiger partial charge in [-0.05, 0) is 43.4 Å². The maximum atomic E-state index is 10.5. The Kier molecular flexibility index (Phi) is 4.32. The number of nitrogens with two attached hydrogens (primary N) is 1. The molecule has 0 aliphatic carbocycles. The van der Waals surface area contributed by atoms with E-state index in [1.807, 2.05) is 25.1 Å². The van der Waals surface area contributed by atoms with E-state index in [0.717, 1.165) is 23.2 Å². The highest BCUT2D eigenvalue weighted by Crippen LogP contribution is 2.18. The zero-order valence-corrected chi connectivity index (χ0v) is 10.1. The minimum Gasteiger partial charge on any atom is -0.398 e. The lowest BCUT2D eigenvalue weighted by Gasteiger charge is -2.08. The molecule has 0 aliphatic rings. The van der Waals surface area contributed by atoms with Crippen LogP contribution in [0.2, 0.25) is 0 Å². The van der Waals surface area contributed by atoms with E-state index < -0.39 is 10.1 Å². The van der Waals surface area contributed by atoms with Crippen LogP contribution in [0, 0.1) is 6.92 Å². The van der Waals surface area contributed by atoms with Crippen molar-refractivity contribution in [2.45, 2.75) is 26.2 Å². The molecule has 0 aliphatic heterocycles. The summed E-state index contributed by atoms with van der Waals surface area (Å²) >= 11 is 0. The van der Waals surface area contributed by atoms with Crippen LogP contribution in [0.5, 0.6) is 0 Å². The molecule has 0 saturated heterocycles. The van der Waals surface area contributed by atoms with Gasteiger partial charge >= 0.3 is 0 Å². The van der Waals surface area contributed by atoms with E-state index in [-0.39, 0.29) is 5.75 Å². The third-order valence-corrected chi connectivity index (χ3v) is 3.33. The van der Waals surface area contributed by atoms with E-state index in [9.17, 15) is 8.42 Å². The lowest BCUT2D eigenvalue weighted by Crippen LogP contribution is -2.04. The monoisotopic (exact) mass is 243 g/mol. The van der Waals surface area contributed by atoms with Gasteiger partial charge in [-0.2, -0.15) is 8.42 Å². The Labute approximate surface area is 96.2 Å². The van der Waals surface area contributed by atoms with Gasteiger partial charge in [0.1, 0.15) is 0 Å². The smallest absolute Gasteiger partial charge is 0.264 e. The fraction of sp³-hybridized carbons (Fsp3) is 0.455. The summed E-state index contributed by atoms with van der Waals surface area (Å²) in [4.78, 5) is 0. The first kappa shape index (κ1) is 13.0. The van der Waals surface area contributed by atoms with Crippen molar-refractivity contribution in [1.82, 2.24) is 0 Å². The number of hydrogen-bond donors (Lipinski definition) is 2. The molecule has 0 unspecified atom stereocenters. The Morgan fingerprint density at radius 1 is 1.31 bits per heavy atom. The molecule has 0 heterocycles. The fourth-order valence-electron chi connectivity index (χ4n) is 1.65. The van der Waals surface area contributed by atoms with Crippen LogP contribution in [0.4, 0.5) is 5.69 Å². The third kappa shape index (κ3) is 4.20. The van der Waals surface area contributed by atoms with Crippen molar-refractivity contribution in [2.75, 3.05) is 11.5 Å². The summed E-state index contributed by atoms with van der Waals surface area (Å²) in [6.07, 6.45) is 1.90. The average molecular weight is 243 g/mol. The van der Waals surface area contributed by atoms with Gasteiger partial charge in [0.25, 0.3) is 10.1 Å². The molecule has 4 nitrogen and oxygen atoms in total. The predicted molar refractivity (Wildman–Crippen MR) is 64.9 cm³/mol. The average Bonchev–Trinajstić information content (AvgIpc) is 2.14. The summed E-state index contributed by atoms with van der Waals surface area (Å²) < 4.78 is 29.6. The summed E-state index contributed by atoms with van der Waals surface area (Å²) in [7, 11) is -3.83. The quantitative estimate of drug-likeness (QED) is 0.469. The minimum absolute atomic E-state index is 0.182. The first-order chi connectivity index (χ1) is 7.40. The van der Waals surface area contributed by atoms with Crippen LogP contribution in [-0.2, 0) is 16.5 Å².